The van der Waals surface area contributed by atoms with Crippen molar-refractivity contribution in [2.75, 3.05) is 13.7 Å². The largest absolute Gasteiger partial charge is 0.495 e. The number of ether oxygens (including phenoxy) is 1. The molecule has 0 bridgehead atoms. The lowest BCUT2D eigenvalue weighted by molar-refractivity contribution is -0.140. The molecule has 0 saturated heterocycles. The number of pyridine rings is 1. The molecule has 1 aliphatic rings. The monoisotopic (exact) mass is 316 g/mol. The zero-order valence-electron chi connectivity index (χ0n) is 13.0. The summed E-state index contributed by atoms with van der Waals surface area (Å²) in [5, 5.41) is 9.66. The lowest BCUT2D eigenvalue weighted by Gasteiger charge is -2.09. The van der Waals surface area contributed by atoms with Gasteiger partial charge in [0.2, 0.25) is 0 Å². The van der Waals surface area contributed by atoms with Crippen LogP contribution in [0.25, 0.3) is 5.82 Å². The molecule has 2 atom stereocenters. The van der Waals surface area contributed by atoms with Gasteiger partial charge in [0.25, 0.3) is 0 Å². The van der Waals surface area contributed by atoms with Crippen molar-refractivity contribution in [3.8, 4) is 11.6 Å². The highest BCUT2D eigenvalue weighted by atomic mass is 16.5. The Morgan fingerprint density at radius 2 is 2.35 bits per heavy atom. The molecule has 1 saturated carbocycles. The van der Waals surface area contributed by atoms with Gasteiger partial charge in [-0.25, -0.2) is 9.97 Å². The van der Waals surface area contributed by atoms with Crippen molar-refractivity contribution in [1.82, 2.24) is 14.5 Å². The van der Waals surface area contributed by atoms with Crippen LogP contribution in [-0.2, 0) is 10.2 Å². The van der Waals surface area contributed by atoms with Crippen molar-refractivity contribution in [3.63, 3.8) is 0 Å². The average molecular weight is 316 g/mol. The molecule has 2 aromatic heterocycles. The van der Waals surface area contributed by atoms with Gasteiger partial charge in [-0.2, -0.15) is 0 Å². The first kappa shape index (κ1) is 15.5. The van der Waals surface area contributed by atoms with E-state index in [2.05, 4.69) is 9.97 Å². The number of carboxylic acids is 1. The molecule has 0 aliphatic heterocycles. The predicted molar refractivity (Wildman–Crippen MR) is 83.6 cm³/mol. The van der Waals surface area contributed by atoms with Crippen LogP contribution in [0, 0.1) is 5.92 Å². The van der Waals surface area contributed by atoms with Crippen LogP contribution in [0.4, 0.5) is 0 Å². The third kappa shape index (κ3) is 2.68. The third-order valence-electron chi connectivity index (χ3n) is 4.50. The maximum Gasteiger partial charge on any atom is 0.316 e. The summed E-state index contributed by atoms with van der Waals surface area (Å²) in [6, 6.07) is 3.60. The number of nitrogens with two attached hydrogens (primary N) is 1. The van der Waals surface area contributed by atoms with Gasteiger partial charge in [0.1, 0.15) is 23.3 Å². The normalized spacial score (nSPS) is 22.8. The number of hydrogen-bond donors (Lipinski definition) is 2. The van der Waals surface area contributed by atoms with Gasteiger partial charge in [0.15, 0.2) is 0 Å². The Balaban J connectivity index is 1.84. The molecule has 0 unspecified atom stereocenters. The molecule has 2 aromatic rings. The summed E-state index contributed by atoms with van der Waals surface area (Å²) in [6.07, 6.45) is 7.24. The van der Waals surface area contributed by atoms with E-state index in [-0.39, 0.29) is 5.92 Å². The third-order valence-corrected chi connectivity index (χ3v) is 4.50. The van der Waals surface area contributed by atoms with Crippen molar-refractivity contribution < 1.29 is 14.6 Å². The standard InChI is InChI=1S/C16H20N4O3/c1-23-12-4-5-14(18-8-12)20-9-13(19-10-20)16(15(21)22)7-11(16)3-2-6-17/h4-5,8-11H,2-3,6-7,17H2,1H3,(H,21,22)/t11-,16+/m0/s1. The fraction of sp³-hybridized carbons (Fsp3) is 0.438. The second-order valence-corrected chi connectivity index (χ2v) is 5.83. The number of methoxy groups -OCH3 is 1. The van der Waals surface area contributed by atoms with E-state index in [4.69, 9.17) is 10.5 Å². The van der Waals surface area contributed by atoms with E-state index in [1.807, 2.05) is 0 Å². The van der Waals surface area contributed by atoms with Crippen LogP contribution < -0.4 is 10.5 Å². The molecule has 3 rings (SSSR count). The van der Waals surface area contributed by atoms with E-state index >= 15 is 0 Å². The average Bonchev–Trinajstić information content (AvgIpc) is 3.10. The summed E-state index contributed by atoms with van der Waals surface area (Å²) < 4.78 is 6.82. The smallest absolute Gasteiger partial charge is 0.316 e. The number of imidazole rings is 1. The summed E-state index contributed by atoms with van der Waals surface area (Å²) in [6.45, 7) is 0.580. The van der Waals surface area contributed by atoms with Crippen molar-refractivity contribution >= 4 is 5.97 Å². The molecule has 0 aromatic carbocycles. The SMILES string of the molecule is COc1ccc(-n2cnc([C@@]3(C(=O)O)C[C@@H]3CCCN)c2)nc1. The van der Waals surface area contributed by atoms with E-state index < -0.39 is 11.4 Å². The summed E-state index contributed by atoms with van der Waals surface area (Å²) in [5.41, 5.74) is 5.25. The maximum atomic E-state index is 11.8. The van der Waals surface area contributed by atoms with Crippen LogP contribution in [0.1, 0.15) is 25.0 Å². The highest BCUT2D eigenvalue weighted by Crippen LogP contribution is 2.56. The van der Waals surface area contributed by atoms with Gasteiger partial charge >= 0.3 is 5.97 Å². The Morgan fingerprint density at radius 1 is 1.52 bits per heavy atom. The fourth-order valence-corrected chi connectivity index (χ4v) is 3.05. The minimum atomic E-state index is -0.868. The van der Waals surface area contributed by atoms with Crippen LogP contribution in [-0.4, -0.2) is 39.3 Å². The first-order chi connectivity index (χ1) is 11.1. The van der Waals surface area contributed by atoms with Crippen LogP contribution in [0.15, 0.2) is 30.9 Å². The Kier molecular flexibility index (Phi) is 4.04. The summed E-state index contributed by atoms with van der Waals surface area (Å²) in [7, 11) is 1.58. The Labute approximate surface area is 134 Å². The summed E-state index contributed by atoms with van der Waals surface area (Å²) in [4.78, 5) is 20.4. The molecule has 2 heterocycles. The molecular weight excluding hydrogens is 296 g/mol. The van der Waals surface area contributed by atoms with Crippen molar-refractivity contribution in [2.24, 2.45) is 11.7 Å². The van der Waals surface area contributed by atoms with Gasteiger partial charge in [-0.15, -0.1) is 0 Å². The lowest BCUT2D eigenvalue weighted by Crippen LogP contribution is -2.23. The molecule has 122 valence electrons. The number of aliphatic carboxylic acids is 1. The second-order valence-electron chi connectivity index (χ2n) is 5.83. The fourth-order valence-electron chi connectivity index (χ4n) is 3.05. The van der Waals surface area contributed by atoms with E-state index in [1.54, 1.807) is 42.5 Å². The van der Waals surface area contributed by atoms with Crippen molar-refractivity contribution in [2.45, 2.75) is 24.7 Å². The van der Waals surface area contributed by atoms with Crippen LogP contribution >= 0.6 is 0 Å². The number of aromatic nitrogens is 3. The van der Waals surface area contributed by atoms with Crippen LogP contribution in [0.3, 0.4) is 0 Å². The van der Waals surface area contributed by atoms with Crippen LogP contribution in [0.5, 0.6) is 5.75 Å². The highest BCUT2D eigenvalue weighted by molar-refractivity contribution is 5.85. The van der Waals surface area contributed by atoms with E-state index in [9.17, 15) is 9.90 Å². The zero-order chi connectivity index (χ0) is 16.4. The molecule has 0 amide bonds. The van der Waals surface area contributed by atoms with Crippen molar-refractivity contribution in [3.05, 3.63) is 36.5 Å². The summed E-state index contributed by atoms with van der Waals surface area (Å²) in [5.74, 6) is 0.632. The van der Waals surface area contributed by atoms with Gasteiger partial charge in [-0.05, 0) is 43.9 Å². The van der Waals surface area contributed by atoms with Crippen molar-refractivity contribution in [1.29, 1.82) is 0 Å². The van der Waals surface area contributed by atoms with Gasteiger partial charge < -0.3 is 15.6 Å². The molecule has 23 heavy (non-hydrogen) atoms. The van der Waals surface area contributed by atoms with Gasteiger partial charge in [-0.1, -0.05) is 0 Å². The summed E-state index contributed by atoms with van der Waals surface area (Å²) >= 11 is 0. The van der Waals surface area contributed by atoms with E-state index in [0.717, 1.165) is 12.8 Å². The molecule has 7 heteroatoms. The minimum absolute atomic E-state index is 0.107. The van der Waals surface area contributed by atoms with E-state index in [0.29, 0.717) is 30.2 Å². The first-order valence-electron chi connectivity index (χ1n) is 7.60. The van der Waals surface area contributed by atoms with Crippen LogP contribution in [0.2, 0.25) is 0 Å². The number of rotatable bonds is 7. The Hall–Kier alpha value is -2.41. The molecule has 3 N–H and O–H groups in total. The second kappa shape index (κ2) is 6.00. The lowest BCUT2D eigenvalue weighted by atomic mass is 9.98. The number of carbonyl (C=O) groups is 1. The molecule has 1 fully saturated rings. The molecule has 7 nitrogen and oxygen atoms in total. The van der Waals surface area contributed by atoms with Gasteiger partial charge in [-0.3, -0.25) is 9.36 Å². The Bertz CT molecular complexity index is 698. The number of carboxylic acid groups (broad SMARTS) is 1. The maximum absolute atomic E-state index is 11.8. The highest BCUT2D eigenvalue weighted by Gasteiger charge is 2.62. The zero-order valence-corrected chi connectivity index (χ0v) is 13.0. The number of hydrogen-bond acceptors (Lipinski definition) is 5. The molecular formula is C16H20N4O3. The number of nitrogens with zero attached hydrogens (tertiary/aromatic N) is 3. The quantitative estimate of drug-likeness (QED) is 0.799. The molecule has 1 aliphatic carbocycles. The first-order valence-corrected chi connectivity index (χ1v) is 7.60. The molecule has 0 radical (unpaired) electrons. The topological polar surface area (TPSA) is 103 Å². The van der Waals surface area contributed by atoms with Gasteiger partial charge in [0.05, 0.1) is 19.0 Å². The Morgan fingerprint density at radius 3 is 2.96 bits per heavy atom. The molecule has 0 spiro atoms. The van der Waals surface area contributed by atoms with Gasteiger partial charge in [0, 0.05) is 6.20 Å². The minimum Gasteiger partial charge on any atom is -0.495 e. The van der Waals surface area contributed by atoms with E-state index in [1.165, 1.54) is 0 Å². The predicted octanol–water partition coefficient (Wildman–Crippen LogP) is 1.36.